The molecule has 0 radical (unpaired) electrons. The maximum Gasteiger partial charge on any atom is 0.301 e. The minimum absolute atomic E-state index is 0.0307. The minimum Gasteiger partial charge on any atom is -0.490 e. The van der Waals surface area contributed by atoms with Crippen molar-refractivity contribution in [3.05, 3.63) is 83.8 Å². The molecule has 1 aliphatic heterocycles. The molecule has 1 amide bonds. The van der Waals surface area contributed by atoms with Gasteiger partial charge in [0, 0.05) is 25.3 Å². The fourth-order valence-electron chi connectivity index (χ4n) is 4.32. The number of amides is 1. The van der Waals surface area contributed by atoms with Crippen LogP contribution in [0, 0.1) is 6.92 Å². The zero-order chi connectivity index (χ0) is 29.6. The molecule has 1 aromatic carbocycles. The molecule has 10 nitrogen and oxygen atoms in total. The van der Waals surface area contributed by atoms with E-state index in [4.69, 9.17) is 14.2 Å². The van der Waals surface area contributed by atoms with Gasteiger partial charge < -0.3 is 19.3 Å². The van der Waals surface area contributed by atoms with Crippen LogP contribution in [-0.2, 0) is 15.0 Å². The molecule has 1 aromatic heterocycles. The maximum absolute atomic E-state index is 11.8. The van der Waals surface area contributed by atoms with Crippen LogP contribution in [0.4, 0.5) is 0 Å². The number of aromatic nitrogens is 1. The Kier molecular flexibility index (Phi) is 9.52. The van der Waals surface area contributed by atoms with Gasteiger partial charge in [-0.2, -0.15) is 13.1 Å². The summed E-state index contributed by atoms with van der Waals surface area (Å²) in [6.07, 6.45) is 8.27. The van der Waals surface area contributed by atoms with E-state index in [1.807, 2.05) is 35.9 Å². The van der Waals surface area contributed by atoms with Gasteiger partial charge in [-0.05, 0) is 69.0 Å². The Bertz CT molecular complexity index is 1430. The first-order chi connectivity index (χ1) is 19.4. The molecule has 220 valence electrons. The van der Waals surface area contributed by atoms with Crippen LogP contribution >= 0.6 is 0 Å². The highest BCUT2D eigenvalue weighted by atomic mass is 32.2. The number of allylic oxidation sites excluding steroid dienone is 3. The fraction of sp³-hybridized carbons (Fsp3) is 0.400. The third kappa shape index (κ3) is 9.17. The lowest BCUT2D eigenvalue weighted by Crippen LogP contribution is -2.48. The molecule has 2 atom stereocenters. The van der Waals surface area contributed by atoms with E-state index >= 15 is 0 Å². The van der Waals surface area contributed by atoms with Crippen molar-refractivity contribution < 1.29 is 32.5 Å². The van der Waals surface area contributed by atoms with Crippen LogP contribution in [0.3, 0.4) is 0 Å². The zero-order valence-electron chi connectivity index (χ0n) is 23.6. The molecule has 0 spiro atoms. The Morgan fingerprint density at radius 3 is 2.61 bits per heavy atom. The zero-order valence-corrected chi connectivity index (χ0v) is 24.4. The molecule has 41 heavy (non-hydrogen) atoms. The monoisotopic (exact) mass is 583 g/mol. The SMILES string of the molecule is C=C1CC[C@@H](Oc2ccc(C3CC(=O)NS(=O)(=O)N3)cc2)C/C=C\C=C1Oc1ccc(OCCC(C)(C)O)nc1C. The third-order valence-electron chi connectivity index (χ3n) is 6.62. The molecule has 1 fully saturated rings. The van der Waals surface area contributed by atoms with Crippen molar-refractivity contribution >= 4 is 16.1 Å². The van der Waals surface area contributed by atoms with E-state index < -0.39 is 27.8 Å². The Morgan fingerprint density at radius 2 is 1.93 bits per heavy atom. The van der Waals surface area contributed by atoms with E-state index in [1.54, 1.807) is 44.2 Å². The summed E-state index contributed by atoms with van der Waals surface area (Å²) in [4.78, 5) is 16.2. The fourth-order valence-corrected chi connectivity index (χ4v) is 5.36. The van der Waals surface area contributed by atoms with Gasteiger partial charge in [0.15, 0.2) is 0 Å². The lowest BCUT2D eigenvalue weighted by atomic mass is 10.0. The molecule has 0 saturated carbocycles. The van der Waals surface area contributed by atoms with Crippen LogP contribution in [0.1, 0.15) is 63.3 Å². The van der Waals surface area contributed by atoms with E-state index in [1.165, 1.54) is 0 Å². The maximum atomic E-state index is 11.8. The number of nitrogens with zero attached hydrogens (tertiary/aromatic N) is 1. The van der Waals surface area contributed by atoms with Crippen molar-refractivity contribution in [2.75, 3.05) is 6.61 Å². The summed E-state index contributed by atoms with van der Waals surface area (Å²) in [7, 11) is -3.84. The first kappa shape index (κ1) is 30.3. The number of ether oxygens (including phenoxy) is 3. The predicted octanol–water partition coefficient (Wildman–Crippen LogP) is 4.33. The number of aliphatic hydroxyl groups is 1. The van der Waals surface area contributed by atoms with Crippen molar-refractivity contribution in [1.29, 1.82) is 0 Å². The van der Waals surface area contributed by atoms with Crippen LogP contribution in [-0.4, -0.2) is 42.7 Å². The summed E-state index contributed by atoms with van der Waals surface area (Å²) >= 11 is 0. The van der Waals surface area contributed by atoms with Crippen LogP contribution in [0.2, 0.25) is 0 Å². The number of hydrogen-bond donors (Lipinski definition) is 3. The van der Waals surface area contributed by atoms with Crippen molar-refractivity contribution in [3.63, 3.8) is 0 Å². The Balaban J connectivity index is 1.32. The highest BCUT2D eigenvalue weighted by Gasteiger charge is 2.29. The molecule has 1 saturated heterocycles. The molecule has 2 aromatic rings. The van der Waals surface area contributed by atoms with Gasteiger partial charge in [0.2, 0.25) is 11.8 Å². The van der Waals surface area contributed by atoms with E-state index in [-0.39, 0.29) is 12.5 Å². The number of rotatable bonds is 9. The van der Waals surface area contributed by atoms with Crippen LogP contribution in [0.5, 0.6) is 17.4 Å². The molecule has 2 aliphatic rings. The minimum atomic E-state index is -3.84. The highest BCUT2D eigenvalue weighted by Crippen LogP contribution is 2.29. The van der Waals surface area contributed by atoms with Gasteiger partial charge in [0.1, 0.15) is 23.4 Å². The number of benzene rings is 1. The predicted molar refractivity (Wildman–Crippen MR) is 155 cm³/mol. The van der Waals surface area contributed by atoms with Gasteiger partial charge >= 0.3 is 10.2 Å². The molecule has 0 bridgehead atoms. The first-order valence-electron chi connectivity index (χ1n) is 13.5. The molecular weight excluding hydrogens is 546 g/mol. The van der Waals surface area contributed by atoms with E-state index in [0.29, 0.717) is 66.7 Å². The summed E-state index contributed by atoms with van der Waals surface area (Å²) in [6, 6.07) is 10.0. The average molecular weight is 584 g/mol. The van der Waals surface area contributed by atoms with Crippen molar-refractivity contribution in [2.24, 2.45) is 0 Å². The van der Waals surface area contributed by atoms with Crippen LogP contribution < -0.4 is 23.7 Å². The molecule has 4 rings (SSSR count). The lowest BCUT2D eigenvalue weighted by molar-refractivity contribution is -0.120. The second kappa shape index (κ2) is 12.9. The van der Waals surface area contributed by atoms with Gasteiger partial charge in [-0.1, -0.05) is 30.9 Å². The largest absolute Gasteiger partial charge is 0.490 e. The molecule has 3 N–H and O–H groups in total. The molecule has 1 aliphatic carbocycles. The van der Waals surface area contributed by atoms with Crippen LogP contribution in [0.25, 0.3) is 0 Å². The quantitative estimate of drug-likeness (QED) is 0.397. The summed E-state index contributed by atoms with van der Waals surface area (Å²) in [5.41, 5.74) is 1.38. The molecule has 11 heteroatoms. The topological polar surface area (TPSA) is 136 Å². The van der Waals surface area contributed by atoms with Gasteiger partial charge in [-0.3, -0.25) is 4.79 Å². The van der Waals surface area contributed by atoms with E-state index in [0.717, 1.165) is 5.57 Å². The molecule has 1 unspecified atom stereocenters. The number of carbonyl (C=O) groups excluding carboxylic acids is 1. The number of nitrogens with one attached hydrogen (secondary N) is 2. The van der Waals surface area contributed by atoms with Crippen molar-refractivity contribution in [3.8, 4) is 17.4 Å². The van der Waals surface area contributed by atoms with Gasteiger partial charge in [-0.25, -0.2) is 9.71 Å². The van der Waals surface area contributed by atoms with E-state index in [2.05, 4.69) is 16.3 Å². The second-order valence-electron chi connectivity index (χ2n) is 10.8. The smallest absolute Gasteiger partial charge is 0.301 e. The standard InChI is InChI=1S/C30H37N3O7S/c1-20-9-12-23(39-24-13-10-22(11-14-24)25-19-28(34)33-41(36,37)32-25)7-5-6-8-26(20)40-27-15-16-29(31-21(27)2)38-18-17-30(3,4)35/h5-6,8,10-11,13-16,23,25,32,35H,1,7,9,12,17-19H2,2-4H3,(H,33,34)/b6-5-,26-8?/t23-,25?/m0/s1. The van der Waals surface area contributed by atoms with Crippen molar-refractivity contribution in [2.45, 2.75) is 70.6 Å². The summed E-state index contributed by atoms with van der Waals surface area (Å²) in [5, 5.41) is 9.85. The Labute approximate surface area is 241 Å². The Morgan fingerprint density at radius 1 is 1.17 bits per heavy atom. The van der Waals surface area contributed by atoms with Gasteiger partial charge in [-0.15, -0.1) is 0 Å². The summed E-state index contributed by atoms with van der Waals surface area (Å²) in [6.45, 7) is 9.91. The average Bonchev–Trinajstić information content (AvgIpc) is 2.95. The number of carbonyl (C=O) groups is 1. The summed E-state index contributed by atoms with van der Waals surface area (Å²) < 4.78 is 46.0. The molecule has 2 heterocycles. The number of hydrogen-bond acceptors (Lipinski definition) is 8. The summed E-state index contributed by atoms with van der Waals surface area (Å²) in [5.74, 6) is 1.83. The van der Waals surface area contributed by atoms with Crippen molar-refractivity contribution in [1.82, 2.24) is 14.4 Å². The van der Waals surface area contributed by atoms with Gasteiger partial charge in [0.05, 0.1) is 23.9 Å². The molecular formula is C30H37N3O7S. The normalized spacial score (nSPS) is 21.9. The Hall–Kier alpha value is -3.67. The number of aryl methyl sites for hydroxylation is 1. The first-order valence-corrected chi connectivity index (χ1v) is 15.0. The van der Waals surface area contributed by atoms with E-state index in [9.17, 15) is 18.3 Å². The number of pyridine rings is 1. The van der Waals surface area contributed by atoms with Gasteiger partial charge in [0.25, 0.3) is 0 Å². The highest BCUT2D eigenvalue weighted by molar-refractivity contribution is 7.88. The second-order valence-corrected chi connectivity index (χ2v) is 12.2. The third-order valence-corrected chi connectivity index (χ3v) is 7.71. The van der Waals surface area contributed by atoms with Crippen LogP contribution in [0.15, 0.2) is 72.5 Å². The lowest BCUT2D eigenvalue weighted by Gasteiger charge is -2.24.